The molecule has 0 unspecified atom stereocenters. The van der Waals surface area contributed by atoms with Crippen LogP contribution in [0.3, 0.4) is 0 Å². The largest absolute Gasteiger partial charge is 0.457 e. The minimum Gasteiger partial charge on any atom is -0.457 e. The van der Waals surface area contributed by atoms with Gasteiger partial charge in [0.2, 0.25) is 5.89 Å². The highest BCUT2D eigenvalue weighted by Gasteiger charge is 2.23. The normalized spacial score (nSPS) is 18.3. The third-order valence-corrected chi connectivity index (χ3v) is 3.88. The molecule has 2 aliphatic rings. The molecule has 0 aliphatic carbocycles. The zero-order valence-corrected chi connectivity index (χ0v) is 12.6. The summed E-state index contributed by atoms with van der Waals surface area (Å²) in [6, 6.07) is 5.27. The number of fused-ring (bicyclic) bond motifs is 1. The molecule has 1 aromatic heterocycles. The molecule has 1 N–H and O–H groups in total. The smallest absolute Gasteiger partial charge is 0.338 e. The molecule has 7 heteroatoms. The second kappa shape index (κ2) is 5.13. The number of ether oxygens (including phenoxy) is 1. The zero-order chi connectivity index (χ0) is 16.0. The summed E-state index contributed by atoms with van der Waals surface area (Å²) in [7, 11) is 0. The number of thiocarbonyl (C=S) groups is 1. The molecule has 2 aromatic rings. The van der Waals surface area contributed by atoms with E-state index in [0.29, 0.717) is 27.9 Å². The summed E-state index contributed by atoms with van der Waals surface area (Å²) in [5.74, 6) is 0.479. The van der Waals surface area contributed by atoms with Gasteiger partial charge in [-0.15, -0.1) is 0 Å². The highest BCUT2D eigenvalue weighted by Crippen LogP contribution is 2.27. The monoisotopic (exact) mass is 326 g/mol. The minimum atomic E-state index is -0.314. The van der Waals surface area contributed by atoms with Crippen LogP contribution in [0, 0.1) is 0 Å². The van der Waals surface area contributed by atoms with Crippen LogP contribution in [0.1, 0.15) is 28.1 Å². The van der Waals surface area contributed by atoms with Gasteiger partial charge >= 0.3 is 5.97 Å². The van der Waals surface area contributed by atoms with Gasteiger partial charge in [0.15, 0.2) is 5.78 Å². The van der Waals surface area contributed by atoms with E-state index in [-0.39, 0.29) is 24.8 Å². The van der Waals surface area contributed by atoms with Crippen LogP contribution in [0.4, 0.5) is 0 Å². The number of carbonyl (C=O) groups is 2. The van der Waals surface area contributed by atoms with Gasteiger partial charge in [-0.2, -0.15) is 0 Å². The molecule has 1 fully saturated rings. The lowest BCUT2D eigenvalue weighted by Crippen LogP contribution is -2.10. The number of nitrogens with one attached hydrogen (secondary N) is 1. The fourth-order valence-corrected chi connectivity index (χ4v) is 2.76. The van der Waals surface area contributed by atoms with Gasteiger partial charge < -0.3 is 14.5 Å². The molecule has 6 nitrogen and oxygen atoms in total. The van der Waals surface area contributed by atoms with E-state index in [4.69, 9.17) is 21.4 Å². The van der Waals surface area contributed by atoms with Crippen LogP contribution in [0.25, 0.3) is 17.5 Å². The van der Waals surface area contributed by atoms with Gasteiger partial charge in [-0.1, -0.05) is 12.2 Å². The van der Waals surface area contributed by atoms with E-state index in [0.717, 1.165) is 11.1 Å². The van der Waals surface area contributed by atoms with Gasteiger partial charge in [-0.3, -0.25) is 4.79 Å². The first kappa shape index (κ1) is 13.8. The number of rotatable bonds is 2. The summed E-state index contributed by atoms with van der Waals surface area (Å²) in [5, 5.41) is 2.84. The molecule has 0 spiro atoms. The topological polar surface area (TPSA) is 81.4 Å². The van der Waals surface area contributed by atoms with E-state index in [1.165, 1.54) is 6.20 Å². The Morgan fingerprint density at radius 1 is 1.30 bits per heavy atom. The Labute approximate surface area is 136 Å². The average Bonchev–Trinajstić information content (AvgIpc) is 3.21. The molecule has 0 amide bonds. The predicted molar refractivity (Wildman–Crippen MR) is 84.4 cm³/mol. The van der Waals surface area contributed by atoms with E-state index in [1.807, 2.05) is 6.07 Å². The standard InChI is InChI=1S/C16H10N2O4S/c19-13-5-14(23)18-12(13)4-10-6-17-15(22-10)8-1-2-11-9(3-8)7-21-16(11)20/h1-4,6H,5,7H2,(H,18,23)/b12-4+. The maximum atomic E-state index is 11.7. The summed E-state index contributed by atoms with van der Waals surface area (Å²) in [4.78, 5) is 27.9. The first-order valence-corrected chi connectivity index (χ1v) is 7.32. The third-order valence-electron chi connectivity index (χ3n) is 3.64. The lowest BCUT2D eigenvalue weighted by atomic mass is 10.1. The van der Waals surface area contributed by atoms with Crippen LogP contribution in [0.5, 0.6) is 0 Å². The summed E-state index contributed by atoms with van der Waals surface area (Å²) >= 11 is 4.97. The second-order valence-electron chi connectivity index (χ2n) is 5.22. The summed E-state index contributed by atoms with van der Waals surface area (Å²) < 4.78 is 10.6. The van der Waals surface area contributed by atoms with Crippen LogP contribution < -0.4 is 5.32 Å². The molecule has 4 rings (SSSR count). The Morgan fingerprint density at radius 3 is 2.96 bits per heavy atom. The Kier molecular flexibility index (Phi) is 3.09. The number of oxazole rings is 1. The molecule has 0 bridgehead atoms. The molecule has 3 heterocycles. The van der Waals surface area contributed by atoms with Crippen LogP contribution in [0.2, 0.25) is 0 Å². The van der Waals surface area contributed by atoms with E-state index < -0.39 is 0 Å². The Bertz CT molecular complexity index is 897. The van der Waals surface area contributed by atoms with Gasteiger partial charge in [-0.25, -0.2) is 9.78 Å². The van der Waals surface area contributed by atoms with E-state index in [1.54, 1.807) is 18.2 Å². The number of esters is 1. The number of aromatic nitrogens is 1. The van der Waals surface area contributed by atoms with Crippen molar-refractivity contribution in [1.29, 1.82) is 0 Å². The highest BCUT2D eigenvalue weighted by atomic mass is 32.1. The minimum absolute atomic E-state index is 0.0684. The van der Waals surface area contributed by atoms with Crippen molar-refractivity contribution in [3.8, 4) is 11.5 Å². The zero-order valence-electron chi connectivity index (χ0n) is 11.8. The van der Waals surface area contributed by atoms with Crippen LogP contribution in [-0.4, -0.2) is 21.7 Å². The lowest BCUT2D eigenvalue weighted by Gasteiger charge is -1.98. The van der Waals surface area contributed by atoms with Crippen molar-refractivity contribution in [2.75, 3.05) is 0 Å². The van der Waals surface area contributed by atoms with Gasteiger partial charge in [0.25, 0.3) is 0 Å². The number of hydrogen-bond acceptors (Lipinski definition) is 6. The molecule has 23 heavy (non-hydrogen) atoms. The number of Topliss-reactive ketones (excluding diaryl/α,β-unsaturated/α-hetero) is 1. The second-order valence-corrected chi connectivity index (χ2v) is 5.71. The van der Waals surface area contributed by atoms with Crippen LogP contribution >= 0.6 is 12.2 Å². The quantitative estimate of drug-likeness (QED) is 0.515. The van der Waals surface area contributed by atoms with Gasteiger partial charge in [0.05, 0.1) is 28.9 Å². The summed E-state index contributed by atoms with van der Waals surface area (Å²) in [5.41, 5.74) is 2.53. The fourth-order valence-electron chi connectivity index (χ4n) is 2.52. The van der Waals surface area contributed by atoms with Crippen molar-refractivity contribution in [3.63, 3.8) is 0 Å². The predicted octanol–water partition coefficient (Wildman–Crippen LogP) is 2.24. The molecule has 0 radical (unpaired) electrons. The molecule has 0 saturated carbocycles. The van der Waals surface area contributed by atoms with Gasteiger partial charge in [0, 0.05) is 17.2 Å². The summed E-state index contributed by atoms with van der Waals surface area (Å²) in [6.07, 6.45) is 3.34. The number of ketones is 1. The Hall–Kier alpha value is -2.80. The van der Waals surface area contributed by atoms with E-state index >= 15 is 0 Å². The highest BCUT2D eigenvalue weighted by molar-refractivity contribution is 7.80. The van der Waals surface area contributed by atoms with Crippen molar-refractivity contribution in [2.45, 2.75) is 13.0 Å². The van der Waals surface area contributed by atoms with Gasteiger partial charge in [-0.05, 0) is 18.2 Å². The van der Waals surface area contributed by atoms with E-state index in [2.05, 4.69) is 10.3 Å². The number of benzene rings is 1. The maximum absolute atomic E-state index is 11.7. The molecule has 0 atom stereocenters. The van der Waals surface area contributed by atoms with Gasteiger partial charge in [0.1, 0.15) is 12.4 Å². The maximum Gasteiger partial charge on any atom is 0.338 e. The fraction of sp³-hybridized carbons (Fsp3) is 0.125. The Morgan fingerprint density at radius 2 is 2.17 bits per heavy atom. The first-order chi connectivity index (χ1) is 11.1. The van der Waals surface area contributed by atoms with Crippen molar-refractivity contribution in [2.24, 2.45) is 0 Å². The van der Waals surface area contributed by atoms with Crippen molar-refractivity contribution in [3.05, 3.63) is 47.0 Å². The third kappa shape index (κ3) is 2.44. The molecular weight excluding hydrogens is 316 g/mol. The average molecular weight is 326 g/mol. The molecule has 1 saturated heterocycles. The SMILES string of the molecule is O=C1CC(=S)N/C1=C/c1cnc(-c2ccc3c(c2)COC3=O)o1. The number of allylic oxidation sites excluding steroid dienone is 1. The van der Waals surface area contributed by atoms with Crippen molar-refractivity contribution < 1.29 is 18.7 Å². The number of cyclic esters (lactones) is 1. The molecule has 2 aliphatic heterocycles. The molecular formula is C16H10N2O4S. The number of hydrogen-bond donors (Lipinski definition) is 1. The van der Waals surface area contributed by atoms with Crippen molar-refractivity contribution >= 4 is 35.0 Å². The van der Waals surface area contributed by atoms with E-state index in [9.17, 15) is 9.59 Å². The number of carbonyl (C=O) groups excluding carboxylic acids is 2. The van der Waals surface area contributed by atoms with Crippen LogP contribution in [-0.2, 0) is 16.1 Å². The molecule has 114 valence electrons. The number of nitrogens with zero attached hydrogens (tertiary/aromatic N) is 1. The Balaban J connectivity index is 1.64. The van der Waals surface area contributed by atoms with Crippen LogP contribution in [0.15, 0.2) is 34.5 Å². The van der Waals surface area contributed by atoms with Crippen molar-refractivity contribution in [1.82, 2.24) is 10.3 Å². The first-order valence-electron chi connectivity index (χ1n) is 6.91. The summed E-state index contributed by atoms with van der Waals surface area (Å²) in [6.45, 7) is 0.259. The molecule has 1 aromatic carbocycles. The lowest BCUT2D eigenvalue weighted by molar-refractivity contribution is -0.114.